The lowest BCUT2D eigenvalue weighted by molar-refractivity contribution is -0.137. The number of aromatic nitrogens is 1. The standard InChI is InChI=1S/C17H19NO4/c1-11(2)12-6-7-15-14(8-12)13(10-19)9-18(15)16(20)4-3-5-17(21)22/h6-11H,3-5H2,1-2H3,(H,21,22). The highest BCUT2D eigenvalue weighted by molar-refractivity contribution is 6.02. The van der Waals surface area contributed by atoms with Crippen molar-refractivity contribution in [3.05, 3.63) is 35.5 Å². The molecule has 0 aliphatic rings. The van der Waals surface area contributed by atoms with E-state index in [1.807, 2.05) is 18.2 Å². The fraction of sp³-hybridized carbons (Fsp3) is 0.353. The second kappa shape index (κ2) is 6.56. The van der Waals surface area contributed by atoms with Crippen LogP contribution in [0.4, 0.5) is 0 Å². The van der Waals surface area contributed by atoms with Crippen molar-refractivity contribution >= 4 is 29.1 Å². The van der Waals surface area contributed by atoms with Gasteiger partial charge in [-0.2, -0.15) is 0 Å². The van der Waals surface area contributed by atoms with Crippen molar-refractivity contribution in [2.24, 2.45) is 0 Å². The predicted octanol–water partition coefficient (Wildman–Crippen LogP) is 3.47. The maximum Gasteiger partial charge on any atom is 0.303 e. The molecule has 0 fully saturated rings. The summed E-state index contributed by atoms with van der Waals surface area (Å²) >= 11 is 0. The summed E-state index contributed by atoms with van der Waals surface area (Å²) in [6, 6.07) is 5.72. The van der Waals surface area contributed by atoms with Crippen molar-refractivity contribution in [1.82, 2.24) is 4.57 Å². The van der Waals surface area contributed by atoms with Gasteiger partial charge < -0.3 is 5.11 Å². The summed E-state index contributed by atoms with van der Waals surface area (Å²) in [7, 11) is 0. The Balaban J connectivity index is 2.36. The van der Waals surface area contributed by atoms with Gasteiger partial charge in [-0.25, -0.2) is 0 Å². The molecule has 0 saturated carbocycles. The highest BCUT2D eigenvalue weighted by Crippen LogP contribution is 2.25. The van der Waals surface area contributed by atoms with Gasteiger partial charge in [0.25, 0.3) is 0 Å². The molecule has 0 unspecified atom stereocenters. The van der Waals surface area contributed by atoms with Crippen molar-refractivity contribution < 1.29 is 19.5 Å². The van der Waals surface area contributed by atoms with E-state index in [1.54, 1.807) is 0 Å². The summed E-state index contributed by atoms with van der Waals surface area (Å²) in [6.07, 6.45) is 2.66. The number of nitrogens with zero attached hydrogens (tertiary/aromatic N) is 1. The van der Waals surface area contributed by atoms with Crippen LogP contribution >= 0.6 is 0 Å². The van der Waals surface area contributed by atoms with Crippen LogP contribution in [0.15, 0.2) is 24.4 Å². The van der Waals surface area contributed by atoms with Crippen LogP contribution in [-0.4, -0.2) is 27.8 Å². The molecule has 0 saturated heterocycles. The number of carbonyl (C=O) groups excluding carboxylic acids is 2. The molecule has 0 atom stereocenters. The Kier molecular flexibility index (Phi) is 4.75. The maximum absolute atomic E-state index is 12.2. The topological polar surface area (TPSA) is 76.4 Å². The number of fused-ring (bicyclic) bond motifs is 1. The molecule has 0 aliphatic heterocycles. The van der Waals surface area contributed by atoms with E-state index in [4.69, 9.17) is 5.11 Å². The van der Waals surface area contributed by atoms with Crippen molar-refractivity contribution in [2.45, 2.75) is 39.0 Å². The number of benzene rings is 1. The normalized spacial score (nSPS) is 11.0. The van der Waals surface area contributed by atoms with E-state index in [-0.39, 0.29) is 25.2 Å². The molecule has 0 bridgehead atoms. The molecule has 1 aromatic carbocycles. The third-order valence-corrected chi connectivity index (χ3v) is 3.70. The first-order chi connectivity index (χ1) is 10.4. The Labute approximate surface area is 128 Å². The minimum absolute atomic E-state index is 0.0387. The second-order valence-electron chi connectivity index (χ2n) is 5.64. The van der Waals surface area contributed by atoms with Gasteiger partial charge in [0.05, 0.1) is 5.52 Å². The fourth-order valence-corrected chi connectivity index (χ4v) is 2.44. The average Bonchev–Trinajstić information content (AvgIpc) is 2.84. The minimum Gasteiger partial charge on any atom is -0.481 e. The summed E-state index contributed by atoms with van der Waals surface area (Å²) in [4.78, 5) is 34.0. The lowest BCUT2D eigenvalue weighted by Crippen LogP contribution is -2.10. The second-order valence-corrected chi connectivity index (χ2v) is 5.64. The van der Waals surface area contributed by atoms with Crippen LogP contribution in [-0.2, 0) is 4.79 Å². The molecule has 0 amide bonds. The molecule has 1 heterocycles. The minimum atomic E-state index is -0.916. The molecule has 1 aromatic heterocycles. The van der Waals surface area contributed by atoms with Gasteiger partial charge in [0.1, 0.15) is 0 Å². The molecule has 5 nitrogen and oxygen atoms in total. The lowest BCUT2D eigenvalue weighted by Gasteiger charge is -2.07. The van der Waals surface area contributed by atoms with Gasteiger partial charge in [-0.15, -0.1) is 0 Å². The van der Waals surface area contributed by atoms with E-state index in [2.05, 4.69) is 13.8 Å². The number of hydrogen-bond acceptors (Lipinski definition) is 3. The number of aliphatic carboxylic acids is 1. The van der Waals surface area contributed by atoms with E-state index < -0.39 is 5.97 Å². The molecule has 0 spiro atoms. The largest absolute Gasteiger partial charge is 0.481 e. The van der Waals surface area contributed by atoms with Crippen molar-refractivity contribution in [3.63, 3.8) is 0 Å². The van der Waals surface area contributed by atoms with Gasteiger partial charge in [-0.3, -0.25) is 19.0 Å². The molecule has 22 heavy (non-hydrogen) atoms. The Morgan fingerprint density at radius 2 is 2.00 bits per heavy atom. The smallest absolute Gasteiger partial charge is 0.303 e. The quantitative estimate of drug-likeness (QED) is 0.829. The highest BCUT2D eigenvalue weighted by atomic mass is 16.4. The van der Waals surface area contributed by atoms with E-state index in [0.717, 1.165) is 17.2 Å². The molecular formula is C17H19NO4. The number of aldehydes is 1. The summed E-state index contributed by atoms with van der Waals surface area (Å²) in [6.45, 7) is 4.13. The maximum atomic E-state index is 12.2. The Hall–Kier alpha value is -2.43. The average molecular weight is 301 g/mol. The van der Waals surface area contributed by atoms with E-state index in [1.165, 1.54) is 10.8 Å². The third kappa shape index (κ3) is 3.24. The lowest BCUT2D eigenvalue weighted by atomic mass is 10.0. The number of carboxylic acid groups (broad SMARTS) is 1. The molecule has 116 valence electrons. The third-order valence-electron chi connectivity index (χ3n) is 3.70. The molecule has 0 radical (unpaired) electrons. The number of carbonyl (C=O) groups is 3. The van der Waals surface area contributed by atoms with Crippen LogP contribution < -0.4 is 0 Å². The zero-order chi connectivity index (χ0) is 16.3. The van der Waals surface area contributed by atoms with Crippen LogP contribution in [0.5, 0.6) is 0 Å². The first kappa shape index (κ1) is 15.9. The first-order valence-corrected chi connectivity index (χ1v) is 7.29. The van der Waals surface area contributed by atoms with Crippen molar-refractivity contribution in [2.75, 3.05) is 0 Å². The Morgan fingerprint density at radius 1 is 1.27 bits per heavy atom. The highest BCUT2D eigenvalue weighted by Gasteiger charge is 2.15. The van der Waals surface area contributed by atoms with Crippen LogP contribution in [0.3, 0.4) is 0 Å². The van der Waals surface area contributed by atoms with Gasteiger partial charge >= 0.3 is 5.97 Å². The Morgan fingerprint density at radius 3 is 2.59 bits per heavy atom. The molecule has 2 rings (SSSR count). The van der Waals surface area contributed by atoms with Gasteiger partial charge in [-0.05, 0) is 30.0 Å². The molecule has 0 aliphatic carbocycles. The summed E-state index contributed by atoms with van der Waals surface area (Å²) in [5.74, 6) is -0.782. The van der Waals surface area contributed by atoms with Gasteiger partial charge in [0, 0.05) is 30.0 Å². The monoisotopic (exact) mass is 301 g/mol. The number of rotatable bonds is 6. The Bertz CT molecular complexity index is 728. The van der Waals surface area contributed by atoms with E-state index >= 15 is 0 Å². The molecule has 1 N–H and O–H groups in total. The van der Waals surface area contributed by atoms with Crippen LogP contribution in [0.2, 0.25) is 0 Å². The summed E-state index contributed by atoms with van der Waals surface area (Å²) < 4.78 is 1.45. The molecule has 2 aromatic rings. The number of hydrogen-bond donors (Lipinski definition) is 1. The fourth-order valence-electron chi connectivity index (χ4n) is 2.44. The van der Waals surface area contributed by atoms with Gasteiger partial charge in [0.2, 0.25) is 5.91 Å². The zero-order valence-corrected chi connectivity index (χ0v) is 12.7. The number of carboxylic acids is 1. The van der Waals surface area contributed by atoms with Crippen molar-refractivity contribution in [3.8, 4) is 0 Å². The summed E-state index contributed by atoms with van der Waals surface area (Å²) in [5.41, 5.74) is 2.27. The summed E-state index contributed by atoms with van der Waals surface area (Å²) in [5, 5.41) is 9.39. The van der Waals surface area contributed by atoms with E-state index in [0.29, 0.717) is 17.0 Å². The first-order valence-electron chi connectivity index (χ1n) is 7.29. The SMILES string of the molecule is CC(C)c1ccc2c(c1)c(C=O)cn2C(=O)CCCC(=O)O. The van der Waals surface area contributed by atoms with Gasteiger partial charge in [-0.1, -0.05) is 19.9 Å². The molecule has 5 heteroatoms. The van der Waals surface area contributed by atoms with Crippen molar-refractivity contribution in [1.29, 1.82) is 0 Å². The van der Waals surface area contributed by atoms with Crippen LogP contribution in [0.25, 0.3) is 10.9 Å². The predicted molar refractivity (Wildman–Crippen MR) is 83.5 cm³/mol. The molecular weight excluding hydrogens is 282 g/mol. The van der Waals surface area contributed by atoms with E-state index in [9.17, 15) is 14.4 Å². The van der Waals surface area contributed by atoms with Gasteiger partial charge in [0.15, 0.2) is 6.29 Å². The van der Waals surface area contributed by atoms with Crippen LogP contribution in [0, 0.1) is 0 Å². The van der Waals surface area contributed by atoms with Crippen LogP contribution in [0.1, 0.15) is 59.7 Å². The zero-order valence-electron chi connectivity index (χ0n) is 12.7.